The highest BCUT2D eigenvalue weighted by Crippen LogP contribution is 2.35. The molecule has 1 aliphatic carbocycles. The first-order chi connectivity index (χ1) is 20.2. The van der Waals surface area contributed by atoms with Crippen LogP contribution in [0, 0.1) is 0 Å². The van der Waals surface area contributed by atoms with E-state index >= 15 is 0 Å². The van der Waals surface area contributed by atoms with E-state index in [-0.39, 0.29) is 39.1 Å². The average molecular weight is 631 g/mol. The fourth-order valence-corrected chi connectivity index (χ4v) is 7.25. The van der Waals surface area contributed by atoms with Crippen LogP contribution in [0.3, 0.4) is 0 Å². The van der Waals surface area contributed by atoms with Gasteiger partial charge in [0.2, 0.25) is 11.8 Å². The molecule has 10 heteroatoms. The van der Waals surface area contributed by atoms with Gasteiger partial charge in [-0.05, 0) is 55.5 Å². The molecule has 3 aromatic rings. The smallest absolute Gasteiger partial charge is 0.264 e. The summed E-state index contributed by atoms with van der Waals surface area (Å²) in [5.41, 5.74) is 1.09. The van der Waals surface area contributed by atoms with Crippen molar-refractivity contribution in [3.8, 4) is 0 Å². The molecule has 1 saturated carbocycles. The van der Waals surface area contributed by atoms with Crippen LogP contribution < -0.4 is 9.62 Å². The van der Waals surface area contributed by atoms with Gasteiger partial charge >= 0.3 is 0 Å². The van der Waals surface area contributed by atoms with Gasteiger partial charge in [0.05, 0.1) is 20.6 Å². The number of rotatable bonds is 12. The zero-order valence-electron chi connectivity index (χ0n) is 23.7. The molecule has 3 aromatic carbocycles. The van der Waals surface area contributed by atoms with Crippen molar-refractivity contribution in [2.24, 2.45) is 0 Å². The summed E-state index contributed by atoms with van der Waals surface area (Å²) in [5, 5.41) is 3.34. The second-order valence-corrected chi connectivity index (χ2v) is 13.1. The van der Waals surface area contributed by atoms with Crippen LogP contribution in [0.4, 0.5) is 5.69 Å². The van der Waals surface area contributed by atoms with Crippen molar-refractivity contribution in [2.75, 3.05) is 17.4 Å². The first-order valence-corrected chi connectivity index (χ1v) is 16.6. The van der Waals surface area contributed by atoms with Gasteiger partial charge in [-0.15, -0.1) is 0 Å². The van der Waals surface area contributed by atoms with Crippen LogP contribution in [0.5, 0.6) is 0 Å². The Labute approximate surface area is 258 Å². The van der Waals surface area contributed by atoms with E-state index in [1.165, 1.54) is 23.1 Å². The molecular formula is C32H37Cl2N3O4S. The lowest BCUT2D eigenvalue weighted by Gasteiger charge is -2.34. The van der Waals surface area contributed by atoms with Crippen LogP contribution in [-0.2, 0) is 26.0 Å². The fraction of sp³-hybridized carbons (Fsp3) is 0.375. The van der Waals surface area contributed by atoms with E-state index in [2.05, 4.69) is 5.32 Å². The van der Waals surface area contributed by atoms with Crippen molar-refractivity contribution in [1.82, 2.24) is 10.2 Å². The van der Waals surface area contributed by atoms with Crippen molar-refractivity contribution >= 4 is 50.7 Å². The van der Waals surface area contributed by atoms with Gasteiger partial charge in [-0.25, -0.2) is 8.42 Å². The molecule has 4 rings (SSSR count). The van der Waals surface area contributed by atoms with Gasteiger partial charge in [0.1, 0.15) is 12.6 Å². The molecule has 0 heterocycles. The molecule has 1 fully saturated rings. The van der Waals surface area contributed by atoms with Crippen LogP contribution in [0.2, 0.25) is 10.0 Å². The minimum Gasteiger partial charge on any atom is -0.352 e. The molecule has 1 N–H and O–H groups in total. The highest BCUT2D eigenvalue weighted by atomic mass is 35.5. The number of nitrogens with zero attached hydrogens (tertiary/aromatic N) is 2. The molecule has 0 spiro atoms. The van der Waals surface area contributed by atoms with Gasteiger partial charge in [0.15, 0.2) is 0 Å². The standard InChI is InChI=1S/C32H37Cl2N3O4S/c1-2-28(32(39)35-25-15-8-4-9-16-25)36(22-21-24-13-6-3-7-14-24)30(38)23-37(29-20-12-19-27(33)31(29)34)42(40,41)26-17-10-5-11-18-26/h3,5-7,10-14,17-20,25,28H,2,4,8-9,15-16,21-23H2,1H3,(H,35,39)/t28-/m1/s1. The van der Waals surface area contributed by atoms with Gasteiger partial charge in [-0.3, -0.25) is 13.9 Å². The lowest BCUT2D eigenvalue weighted by molar-refractivity contribution is -0.140. The third-order valence-corrected chi connectivity index (χ3v) is 10.2. The van der Waals surface area contributed by atoms with Crippen molar-refractivity contribution in [2.45, 2.75) is 68.8 Å². The first kappa shape index (κ1) is 31.9. The molecule has 42 heavy (non-hydrogen) atoms. The normalized spacial score (nSPS) is 14.6. The molecular weight excluding hydrogens is 593 g/mol. The zero-order valence-corrected chi connectivity index (χ0v) is 26.0. The SMILES string of the molecule is CC[C@H](C(=O)NC1CCCCC1)N(CCc1ccccc1)C(=O)CN(c1cccc(Cl)c1Cl)S(=O)(=O)c1ccccc1. The van der Waals surface area contributed by atoms with Gasteiger partial charge in [-0.1, -0.05) is 104 Å². The number of carbonyl (C=O) groups excluding carboxylic acids is 2. The largest absolute Gasteiger partial charge is 0.352 e. The van der Waals surface area contributed by atoms with E-state index in [1.807, 2.05) is 37.3 Å². The van der Waals surface area contributed by atoms with Crippen LogP contribution in [0.15, 0.2) is 83.8 Å². The van der Waals surface area contributed by atoms with E-state index < -0.39 is 28.5 Å². The quantitative estimate of drug-likeness (QED) is 0.248. The monoisotopic (exact) mass is 629 g/mol. The zero-order chi connectivity index (χ0) is 30.1. The molecule has 0 saturated heterocycles. The highest BCUT2D eigenvalue weighted by Gasteiger charge is 2.35. The first-order valence-electron chi connectivity index (χ1n) is 14.4. The number of anilines is 1. The maximum absolute atomic E-state index is 14.2. The third kappa shape index (κ3) is 7.85. The number of benzene rings is 3. The summed E-state index contributed by atoms with van der Waals surface area (Å²) in [6, 6.07) is 21.5. The Bertz CT molecular complexity index is 1450. The Morgan fingerprint density at radius 2 is 1.55 bits per heavy atom. The molecule has 0 aromatic heterocycles. The number of nitrogens with one attached hydrogen (secondary N) is 1. The summed E-state index contributed by atoms with van der Waals surface area (Å²) in [7, 11) is -4.22. The summed E-state index contributed by atoms with van der Waals surface area (Å²) in [6.07, 6.45) is 5.98. The van der Waals surface area contributed by atoms with Crippen molar-refractivity contribution in [1.29, 1.82) is 0 Å². The molecule has 2 amide bonds. The Morgan fingerprint density at radius 1 is 0.905 bits per heavy atom. The number of carbonyl (C=O) groups is 2. The lowest BCUT2D eigenvalue weighted by Crippen LogP contribution is -2.54. The van der Waals surface area contributed by atoms with E-state index in [4.69, 9.17) is 23.2 Å². The second-order valence-electron chi connectivity index (χ2n) is 10.5. The maximum Gasteiger partial charge on any atom is 0.264 e. The molecule has 0 unspecified atom stereocenters. The predicted molar refractivity (Wildman–Crippen MR) is 168 cm³/mol. The van der Waals surface area contributed by atoms with E-state index in [1.54, 1.807) is 30.3 Å². The molecule has 1 aliphatic rings. The van der Waals surface area contributed by atoms with Crippen LogP contribution in [-0.4, -0.2) is 50.3 Å². The Balaban J connectivity index is 1.69. The van der Waals surface area contributed by atoms with E-state index in [9.17, 15) is 18.0 Å². The van der Waals surface area contributed by atoms with Crippen molar-refractivity contribution in [3.05, 3.63) is 94.5 Å². The third-order valence-electron chi connectivity index (χ3n) is 7.63. The maximum atomic E-state index is 14.2. The Hall–Kier alpha value is -3.07. The van der Waals surface area contributed by atoms with Crippen molar-refractivity contribution < 1.29 is 18.0 Å². The molecule has 0 radical (unpaired) electrons. The number of halogens is 2. The van der Waals surface area contributed by atoms with Gasteiger partial charge < -0.3 is 10.2 Å². The topological polar surface area (TPSA) is 86.8 Å². The summed E-state index contributed by atoms with van der Waals surface area (Å²) < 4.78 is 28.9. The lowest BCUT2D eigenvalue weighted by atomic mass is 9.95. The second kappa shape index (κ2) is 14.9. The molecule has 224 valence electrons. The van der Waals surface area contributed by atoms with Gasteiger partial charge in [0, 0.05) is 12.6 Å². The minimum atomic E-state index is -4.22. The number of sulfonamides is 1. The number of amides is 2. The van der Waals surface area contributed by atoms with Crippen LogP contribution in [0.1, 0.15) is 51.0 Å². The molecule has 0 bridgehead atoms. The molecule has 0 aliphatic heterocycles. The Kier molecular flexibility index (Phi) is 11.3. The Morgan fingerprint density at radius 3 is 2.19 bits per heavy atom. The summed E-state index contributed by atoms with van der Waals surface area (Å²) in [5.74, 6) is -0.726. The summed E-state index contributed by atoms with van der Waals surface area (Å²) in [4.78, 5) is 29.3. The van der Waals surface area contributed by atoms with Crippen LogP contribution in [0.25, 0.3) is 0 Å². The fourth-order valence-electron chi connectivity index (χ4n) is 5.36. The van der Waals surface area contributed by atoms with Crippen molar-refractivity contribution in [3.63, 3.8) is 0 Å². The van der Waals surface area contributed by atoms with Gasteiger partial charge in [0.25, 0.3) is 10.0 Å². The van der Waals surface area contributed by atoms with E-state index in [0.29, 0.717) is 12.8 Å². The predicted octanol–water partition coefficient (Wildman–Crippen LogP) is 6.49. The highest BCUT2D eigenvalue weighted by molar-refractivity contribution is 7.92. The minimum absolute atomic E-state index is 0.00626. The van der Waals surface area contributed by atoms with Crippen LogP contribution >= 0.6 is 23.2 Å². The summed E-state index contributed by atoms with van der Waals surface area (Å²) >= 11 is 12.8. The number of hydrogen-bond donors (Lipinski definition) is 1. The molecule has 1 atom stereocenters. The van der Waals surface area contributed by atoms with E-state index in [0.717, 1.165) is 42.0 Å². The van der Waals surface area contributed by atoms with Gasteiger partial charge in [-0.2, -0.15) is 0 Å². The average Bonchev–Trinajstić information content (AvgIpc) is 3.00. The number of hydrogen-bond acceptors (Lipinski definition) is 4. The summed E-state index contributed by atoms with van der Waals surface area (Å²) in [6.45, 7) is 1.54. The molecule has 7 nitrogen and oxygen atoms in total.